The fraction of sp³-hybridized carbons (Fsp3) is 0.231. The van der Waals surface area contributed by atoms with Crippen molar-refractivity contribution in [2.75, 3.05) is 12.4 Å². The van der Waals surface area contributed by atoms with Crippen LogP contribution in [0.25, 0.3) is 0 Å². The van der Waals surface area contributed by atoms with Gasteiger partial charge in [-0.2, -0.15) is 0 Å². The van der Waals surface area contributed by atoms with Crippen molar-refractivity contribution < 1.29 is 5.11 Å². The normalized spacial score (nSPS) is 21.5. The minimum Gasteiger partial charge on any atom is -0.396 e. The van der Waals surface area contributed by atoms with E-state index >= 15 is 0 Å². The molecule has 1 saturated carbocycles. The number of benzene rings is 2. The Morgan fingerprint density at radius 3 is 1.69 bits per heavy atom. The van der Waals surface area contributed by atoms with Crippen LogP contribution in [-0.2, 0) is 0 Å². The first-order chi connectivity index (χ1) is 17.0. The highest BCUT2D eigenvalue weighted by Gasteiger charge is 2.54. The number of hydrogen-bond donors (Lipinski definition) is 1. The second-order valence-electron chi connectivity index (χ2n) is 8.28. The van der Waals surface area contributed by atoms with Crippen LogP contribution in [0.3, 0.4) is 0 Å². The van der Waals surface area contributed by atoms with Crippen molar-refractivity contribution in [1.82, 2.24) is 19.9 Å². The largest absolute Gasteiger partial charge is 0.396 e. The minimum absolute atomic E-state index is 0.00583. The molecule has 2 atom stereocenters. The van der Waals surface area contributed by atoms with Crippen molar-refractivity contribution in [3.05, 3.63) is 111 Å². The highest BCUT2D eigenvalue weighted by molar-refractivity contribution is 7.99. The Hall–Kier alpha value is -2.22. The zero-order chi connectivity index (χ0) is 24.4. The van der Waals surface area contributed by atoms with Crippen LogP contribution in [0.1, 0.15) is 46.2 Å². The van der Waals surface area contributed by atoms with Gasteiger partial charge in [0.25, 0.3) is 0 Å². The number of hydrogen-bond acceptors (Lipinski definition) is 6. The molecule has 0 saturated heterocycles. The summed E-state index contributed by atoms with van der Waals surface area (Å²) >= 11 is 20.4. The van der Waals surface area contributed by atoms with Gasteiger partial charge in [-0.05, 0) is 46.5 Å². The predicted octanol–water partition coefficient (Wildman–Crippen LogP) is 6.76. The Labute approximate surface area is 222 Å². The monoisotopic (exact) mass is 542 g/mol. The summed E-state index contributed by atoms with van der Waals surface area (Å²) in [6.45, 7) is 0.0572. The Morgan fingerprint density at radius 1 is 0.657 bits per heavy atom. The third-order valence-corrected chi connectivity index (χ3v) is 7.75. The lowest BCUT2D eigenvalue weighted by Crippen LogP contribution is -2.41. The van der Waals surface area contributed by atoms with Gasteiger partial charge in [-0.15, -0.1) is 11.8 Å². The van der Waals surface area contributed by atoms with E-state index in [-0.39, 0.29) is 40.8 Å². The molecule has 178 valence electrons. The molecule has 1 N–H and O–H groups in total. The summed E-state index contributed by atoms with van der Waals surface area (Å²) in [6.07, 6.45) is 0. The minimum atomic E-state index is -0.00918. The summed E-state index contributed by atoms with van der Waals surface area (Å²) in [5, 5.41) is 10.7. The highest BCUT2D eigenvalue weighted by Crippen LogP contribution is 2.66. The van der Waals surface area contributed by atoms with Crippen molar-refractivity contribution in [1.29, 1.82) is 0 Å². The average molecular weight is 544 g/mol. The van der Waals surface area contributed by atoms with Crippen LogP contribution in [0.4, 0.5) is 0 Å². The number of aliphatic hydroxyl groups is 1. The van der Waals surface area contributed by atoms with Crippen molar-refractivity contribution >= 4 is 46.6 Å². The molecule has 0 radical (unpaired) electrons. The molecular weight excluding hydrogens is 523 g/mol. The van der Waals surface area contributed by atoms with E-state index in [1.54, 1.807) is 6.07 Å². The third kappa shape index (κ3) is 5.18. The van der Waals surface area contributed by atoms with Gasteiger partial charge in [-0.25, -0.2) is 19.9 Å². The van der Waals surface area contributed by atoms with Crippen LogP contribution in [-0.4, -0.2) is 37.4 Å². The van der Waals surface area contributed by atoms with Crippen molar-refractivity contribution in [3.63, 3.8) is 0 Å². The van der Waals surface area contributed by atoms with Gasteiger partial charge in [0.2, 0.25) is 10.6 Å². The molecule has 2 heterocycles. The second kappa shape index (κ2) is 10.8. The lowest BCUT2D eigenvalue weighted by Gasteiger charge is -2.52. The Morgan fingerprint density at radius 2 is 1.17 bits per heavy atom. The van der Waals surface area contributed by atoms with E-state index in [1.165, 1.54) is 22.9 Å². The smallest absolute Gasteiger partial charge is 0.224 e. The summed E-state index contributed by atoms with van der Waals surface area (Å²) in [7, 11) is 0. The van der Waals surface area contributed by atoms with E-state index in [9.17, 15) is 5.11 Å². The standard InChI is InChI=1S/C26H21Cl3N4OS/c27-19-13-17(30-25(28)32-19)23-21(15-7-3-1-4-8-15)24(22(23)16-9-5-2-6-10-16)18-14-20(35-12-11-34)33-26(29)31-18/h1-10,13-14,21-24,34H,11-12H2/t21-,22-,23-,24-/m0/s1. The third-order valence-electron chi connectivity index (χ3n) is 6.32. The van der Waals surface area contributed by atoms with Crippen LogP contribution in [0, 0.1) is 0 Å². The molecule has 0 amide bonds. The lowest BCUT2D eigenvalue weighted by molar-refractivity contribution is 0.219. The summed E-state index contributed by atoms with van der Waals surface area (Å²) in [4.78, 5) is 17.7. The Kier molecular flexibility index (Phi) is 7.56. The van der Waals surface area contributed by atoms with Crippen LogP contribution < -0.4 is 0 Å². The zero-order valence-electron chi connectivity index (χ0n) is 18.4. The van der Waals surface area contributed by atoms with Gasteiger partial charge in [0.1, 0.15) is 10.2 Å². The van der Waals surface area contributed by atoms with E-state index in [1.807, 2.05) is 42.5 Å². The Bertz CT molecular complexity index is 1250. The number of nitrogens with zero attached hydrogens (tertiary/aromatic N) is 4. The number of thioether (sulfide) groups is 1. The molecule has 0 unspecified atom stereocenters. The van der Waals surface area contributed by atoms with Gasteiger partial charge < -0.3 is 5.11 Å². The zero-order valence-corrected chi connectivity index (χ0v) is 21.5. The second-order valence-corrected chi connectivity index (χ2v) is 10.5. The summed E-state index contributed by atoms with van der Waals surface area (Å²) < 4.78 is 0. The molecule has 0 bridgehead atoms. The molecule has 9 heteroatoms. The molecular formula is C26H21Cl3N4OS. The molecule has 1 aliphatic rings. The van der Waals surface area contributed by atoms with Gasteiger partial charge in [-0.1, -0.05) is 72.3 Å². The first-order valence-corrected chi connectivity index (χ1v) is 13.2. The van der Waals surface area contributed by atoms with Gasteiger partial charge in [-0.3, -0.25) is 0 Å². The van der Waals surface area contributed by atoms with E-state index in [0.29, 0.717) is 10.9 Å². The van der Waals surface area contributed by atoms with Gasteiger partial charge in [0, 0.05) is 29.4 Å². The van der Waals surface area contributed by atoms with Crippen LogP contribution >= 0.6 is 46.6 Å². The number of aliphatic hydroxyl groups excluding tert-OH is 1. The Balaban J connectivity index is 1.68. The first-order valence-electron chi connectivity index (χ1n) is 11.1. The fourth-order valence-electron chi connectivity index (χ4n) is 5.05. The first kappa shape index (κ1) is 24.5. The van der Waals surface area contributed by atoms with Crippen molar-refractivity contribution in [2.24, 2.45) is 0 Å². The van der Waals surface area contributed by atoms with Crippen molar-refractivity contribution in [2.45, 2.75) is 28.7 Å². The van der Waals surface area contributed by atoms with E-state index < -0.39 is 0 Å². The maximum absolute atomic E-state index is 9.29. The lowest BCUT2D eigenvalue weighted by atomic mass is 9.50. The summed E-state index contributed by atoms with van der Waals surface area (Å²) in [5.41, 5.74) is 3.99. The summed E-state index contributed by atoms with van der Waals surface area (Å²) in [6, 6.07) is 24.4. The molecule has 5 nitrogen and oxygen atoms in total. The van der Waals surface area contributed by atoms with Crippen molar-refractivity contribution in [3.8, 4) is 0 Å². The van der Waals surface area contributed by atoms with Gasteiger partial charge in [0.05, 0.1) is 18.0 Å². The molecule has 2 aromatic carbocycles. The molecule has 1 aliphatic carbocycles. The molecule has 35 heavy (non-hydrogen) atoms. The highest BCUT2D eigenvalue weighted by atomic mass is 35.5. The van der Waals surface area contributed by atoms with E-state index in [4.69, 9.17) is 34.8 Å². The number of aromatic nitrogens is 4. The molecule has 1 fully saturated rings. The van der Waals surface area contributed by atoms with E-state index in [2.05, 4.69) is 44.2 Å². The van der Waals surface area contributed by atoms with Gasteiger partial charge >= 0.3 is 0 Å². The topological polar surface area (TPSA) is 71.8 Å². The summed E-state index contributed by atoms with van der Waals surface area (Å²) in [5.74, 6) is 0.619. The SMILES string of the molecule is OCCSc1cc([C@H]2[C@@H](c3ccccc3)[C@H](c3cc(Cl)nc(Cl)n3)[C@@H]2c2ccccc2)nc(Cl)n1. The van der Waals surface area contributed by atoms with Gasteiger partial charge in [0.15, 0.2) is 0 Å². The molecule has 0 aliphatic heterocycles. The number of rotatable bonds is 7. The molecule has 5 rings (SSSR count). The number of halogens is 3. The maximum Gasteiger partial charge on any atom is 0.224 e. The van der Waals surface area contributed by atoms with E-state index in [0.717, 1.165) is 16.4 Å². The maximum atomic E-state index is 9.29. The fourth-order valence-corrected chi connectivity index (χ4v) is 6.37. The molecule has 4 aromatic rings. The van der Waals surface area contributed by atoms with Crippen LogP contribution in [0.2, 0.25) is 15.7 Å². The van der Waals surface area contributed by atoms with Crippen LogP contribution in [0.5, 0.6) is 0 Å². The quantitative estimate of drug-likeness (QED) is 0.158. The molecule has 0 spiro atoms. The average Bonchev–Trinajstić information content (AvgIpc) is 2.83. The molecule has 2 aromatic heterocycles. The predicted molar refractivity (Wildman–Crippen MR) is 141 cm³/mol. The van der Waals surface area contributed by atoms with Crippen LogP contribution in [0.15, 0.2) is 77.8 Å².